The molecular weight excluding hydrogens is 273 g/mol. The fourth-order valence-electron chi connectivity index (χ4n) is 1.44. The number of halogens is 1. The third-order valence-electron chi connectivity index (χ3n) is 2.23. The van der Waals surface area contributed by atoms with E-state index in [1.807, 2.05) is 6.92 Å². The van der Waals surface area contributed by atoms with Crippen molar-refractivity contribution >= 4 is 35.1 Å². The number of nitrogens with one attached hydrogen (secondary N) is 2. The Bertz CT molecular complexity index is 635. The molecule has 94 valence electrons. The van der Waals surface area contributed by atoms with Gasteiger partial charge in [0.15, 0.2) is 3.95 Å². The van der Waals surface area contributed by atoms with Gasteiger partial charge in [0.1, 0.15) is 5.82 Å². The van der Waals surface area contributed by atoms with Gasteiger partial charge in [-0.3, -0.25) is 9.78 Å². The smallest absolute Gasteiger partial charge is 0.229 e. The topological polar surface area (TPSA) is 57.8 Å². The molecule has 0 saturated carbocycles. The summed E-state index contributed by atoms with van der Waals surface area (Å²) in [7, 11) is 0. The Morgan fingerprint density at radius 2 is 2.39 bits per heavy atom. The van der Waals surface area contributed by atoms with Crippen LogP contribution >= 0.6 is 23.6 Å². The van der Waals surface area contributed by atoms with Crippen LogP contribution in [0.1, 0.15) is 10.6 Å². The lowest BCUT2D eigenvalue weighted by Gasteiger charge is -2.03. The first-order valence-corrected chi connectivity index (χ1v) is 6.36. The molecule has 2 N–H and O–H groups in total. The first-order valence-electron chi connectivity index (χ1n) is 5.13. The molecule has 7 heteroatoms. The molecule has 0 atom stereocenters. The predicted octanol–water partition coefficient (Wildman–Crippen LogP) is 2.83. The molecule has 0 aliphatic rings. The molecule has 18 heavy (non-hydrogen) atoms. The lowest BCUT2D eigenvalue weighted by atomic mass is 10.3. The summed E-state index contributed by atoms with van der Waals surface area (Å²) in [6.07, 6.45) is 2.69. The Morgan fingerprint density at radius 1 is 1.61 bits per heavy atom. The monoisotopic (exact) mass is 283 g/mol. The molecule has 0 aliphatic carbocycles. The highest BCUT2D eigenvalue weighted by molar-refractivity contribution is 7.73. The summed E-state index contributed by atoms with van der Waals surface area (Å²) < 4.78 is 13.5. The highest BCUT2D eigenvalue weighted by Crippen LogP contribution is 2.16. The summed E-state index contributed by atoms with van der Waals surface area (Å²) in [6, 6.07) is 1.22. The minimum Gasteiger partial charge on any atom is -0.341 e. The van der Waals surface area contributed by atoms with Gasteiger partial charge in [0.2, 0.25) is 5.91 Å². The molecular formula is C11H10FN3OS2. The van der Waals surface area contributed by atoms with Crippen LogP contribution < -0.4 is 5.32 Å². The van der Waals surface area contributed by atoms with Crippen molar-refractivity contribution in [3.63, 3.8) is 0 Å². The fraction of sp³-hybridized carbons (Fsp3) is 0.182. The van der Waals surface area contributed by atoms with Crippen LogP contribution in [0, 0.1) is 16.7 Å². The summed E-state index contributed by atoms with van der Waals surface area (Å²) in [5.41, 5.74) is 1.23. The predicted molar refractivity (Wildman–Crippen MR) is 70.8 cm³/mol. The molecule has 0 radical (unpaired) electrons. The summed E-state index contributed by atoms with van der Waals surface area (Å²) in [5.74, 6) is -0.711. The van der Waals surface area contributed by atoms with Gasteiger partial charge in [-0.1, -0.05) is 0 Å². The molecule has 0 unspecified atom stereocenters. The average molecular weight is 283 g/mol. The van der Waals surface area contributed by atoms with Crippen LogP contribution in [0.4, 0.5) is 10.1 Å². The van der Waals surface area contributed by atoms with Gasteiger partial charge in [0, 0.05) is 16.6 Å². The summed E-state index contributed by atoms with van der Waals surface area (Å²) in [6.45, 7) is 1.86. The molecule has 0 fully saturated rings. The summed E-state index contributed by atoms with van der Waals surface area (Å²) in [5, 5.41) is 2.59. The molecule has 0 aliphatic heterocycles. The van der Waals surface area contributed by atoms with E-state index in [9.17, 15) is 9.18 Å². The van der Waals surface area contributed by atoms with Crippen LogP contribution in [0.5, 0.6) is 0 Å². The van der Waals surface area contributed by atoms with Gasteiger partial charge < -0.3 is 10.3 Å². The van der Waals surface area contributed by atoms with E-state index >= 15 is 0 Å². The number of carbonyl (C=O) groups excluding carboxylic acids is 1. The Morgan fingerprint density at radius 3 is 3.00 bits per heavy atom. The van der Waals surface area contributed by atoms with E-state index in [0.717, 1.165) is 16.8 Å². The summed E-state index contributed by atoms with van der Waals surface area (Å²) in [4.78, 5) is 19.3. The molecule has 0 aromatic carbocycles. The molecule has 2 rings (SSSR count). The van der Waals surface area contributed by atoms with Gasteiger partial charge in [-0.25, -0.2) is 4.39 Å². The molecule has 0 spiro atoms. The number of carbonyl (C=O) groups is 1. The number of aromatic nitrogens is 2. The van der Waals surface area contributed by atoms with Crippen LogP contribution in [-0.2, 0) is 11.2 Å². The highest BCUT2D eigenvalue weighted by Gasteiger charge is 2.09. The third-order valence-corrected chi connectivity index (χ3v) is 3.57. The first-order chi connectivity index (χ1) is 8.54. The number of rotatable bonds is 3. The SMILES string of the molecule is Cc1[nH]c(=S)sc1CC(=O)Nc1cncc(F)c1. The van der Waals surface area contributed by atoms with E-state index in [4.69, 9.17) is 12.2 Å². The number of amides is 1. The minimum absolute atomic E-state index is 0.208. The van der Waals surface area contributed by atoms with E-state index in [1.165, 1.54) is 23.6 Å². The average Bonchev–Trinajstić information content (AvgIpc) is 2.57. The van der Waals surface area contributed by atoms with Crippen molar-refractivity contribution in [2.24, 2.45) is 0 Å². The zero-order valence-electron chi connectivity index (χ0n) is 9.49. The minimum atomic E-state index is -0.485. The maximum atomic E-state index is 12.9. The lowest BCUT2D eigenvalue weighted by molar-refractivity contribution is -0.115. The molecule has 0 saturated heterocycles. The van der Waals surface area contributed by atoms with Crippen molar-refractivity contribution in [1.29, 1.82) is 0 Å². The second-order valence-electron chi connectivity index (χ2n) is 3.68. The number of H-pyrrole nitrogens is 1. The zero-order chi connectivity index (χ0) is 13.1. The molecule has 2 aromatic heterocycles. The van der Waals surface area contributed by atoms with E-state index < -0.39 is 5.82 Å². The van der Waals surface area contributed by atoms with Crippen LogP contribution in [0.3, 0.4) is 0 Å². The van der Waals surface area contributed by atoms with Crippen LogP contribution in [-0.4, -0.2) is 15.9 Å². The van der Waals surface area contributed by atoms with Crippen molar-refractivity contribution < 1.29 is 9.18 Å². The number of pyridine rings is 1. The normalized spacial score (nSPS) is 10.3. The van der Waals surface area contributed by atoms with Crippen LogP contribution in [0.25, 0.3) is 0 Å². The van der Waals surface area contributed by atoms with Gasteiger partial charge >= 0.3 is 0 Å². The van der Waals surface area contributed by atoms with Gasteiger partial charge in [0.05, 0.1) is 24.5 Å². The standard InChI is InChI=1S/C11H10FN3OS2/c1-6-9(18-11(17)14-6)3-10(16)15-8-2-7(12)4-13-5-8/h2,4-5H,3H2,1H3,(H,14,17)(H,15,16). The van der Waals surface area contributed by atoms with Crippen molar-refractivity contribution in [2.75, 3.05) is 5.32 Å². The first kappa shape index (κ1) is 12.8. The van der Waals surface area contributed by atoms with Gasteiger partial charge in [-0.05, 0) is 19.1 Å². The van der Waals surface area contributed by atoms with Crippen LogP contribution in [0.15, 0.2) is 18.5 Å². The van der Waals surface area contributed by atoms with Crippen molar-refractivity contribution in [1.82, 2.24) is 9.97 Å². The third kappa shape index (κ3) is 3.21. The van der Waals surface area contributed by atoms with Gasteiger partial charge in [-0.2, -0.15) is 0 Å². The van der Waals surface area contributed by atoms with E-state index in [1.54, 1.807) is 0 Å². The Labute approximate surface area is 112 Å². The molecule has 0 bridgehead atoms. The molecule has 2 heterocycles. The zero-order valence-corrected chi connectivity index (χ0v) is 11.1. The highest BCUT2D eigenvalue weighted by atomic mass is 32.1. The molecule has 4 nitrogen and oxygen atoms in total. The number of nitrogens with zero attached hydrogens (tertiary/aromatic N) is 1. The molecule has 1 amide bonds. The fourth-order valence-corrected chi connectivity index (χ4v) is 2.73. The Kier molecular flexibility index (Phi) is 3.83. The van der Waals surface area contributed by atoms with Gasteiger partial charge in [-0.15, -0.1) is 11.3 Å². The number of aryl methyl sites for hydroxylation is 1. The maximum Gasteiger partial charge on any atom is 0.229 e. The molecule has 2 aromatic rings. The number of thiazole rings is 1. The number of anilines is 1. The Balaban J connectivity index is 2.05. The van der Waals surface area contributed by atoms with Gasteiger partial charge in [0.25, 0.3) is 0 Å². The summed E-state index contributed by atoms with van der Waals surface area (Å²) >= 11 is 6.36. The van der Waals surface area contributed by atoms with Crippen LogP contribution in [0.2, 0.25) is 0 Å². The lowest BCUT2D eigenvalue weighted by Crippen LogP contribution is -2.14. The Hall–Kier alpha value is -1.60. The second kappa shape index (κ2) is 5.36. The number of hydrogen-bond acceptors (Lipinski definition) is 4. The number of hydrogen-bond donors (Lipinski definition) is 2. The largest absolute Gasteiger partial charge is 0.341 e. The maximum absolute atomic E-state index is 12.9. The number of aromatic amines is 1. The quantitative estimate of drug-likeness (QED) is 0.852. The second-order valence-corrected chi connectivity index (χ2v) is 5.45. The van der Waals surface area contributed by atoms with E-state index in [2.05, 4.69) is 15.3 Å². The van der Waals surface area contributed by atoms with E-state index in [0.29, 0.717) is 9.64 Å². The van der Waals surface area contributed by atoms with E-state index in [-0.39, 0.29) is 12.3 Å². The van der Waals surface area contributed by atoms with Crippen molar-refractivity contribution in [2.45, 2.75) is 13.3 Å². The van der Waals surface area contributed by atoms with Crippen molar-refractivity contribution in [3.8, 4) is 0 Å². The van der Waals surface area contributed by atoms with Crippen molar-refractivity contribution in [3.05, 3.63) is 38.8 Å².